The smallest absolute Gasteiger partial charge is 0.272 e. The maximum Gasteiger partial charge on any atom is 0.342 e. The van der Waals surface area contributed by atoms with Gasteiger partial charge in [0.2, 0.25) is 0 Å². The molecule has 1 atom stereocenters. The summed E-state index contributed by atoms with van der Waals surface area (Å²) in [6, 6.07) is 4.88. The first-order valence-electron chi connectivity index (χ1n) is 4.85. The van der Waals surface area contributed by atoms with Gasteiger partial charge in [-0.25, -0.2) is 9.89 Å². The van der Waals surface area contributed by atoms with Crippen LogP contribution in [0.3, 0.4) is 0 Å². The second kappa shape index (κ2) is 4.68. The number of halogens is 2. The lowest BCUT2D eigenvalue weighted by molar-refractivity contribution is 0.609. The Morgan fingerprint density at radius 2 is 2.06 bits per heavy atom. The second-order valence-corrected chi connectivity index (χ2v) is 4.80. The van der Waals surface area contributed by atoms with Crippen molar-refractivity contribution in [2.45, 2.75) is 13.0 Å². The number of aromatic nitrogens is 3. The standard InChI is InChI=1S/C10H9Cl2N3OS/c1-5(15-9(16)13-14-10(15)17)7-3-2-6(11)4-8(7)12/h2-5H,1H3,(H,13,16)(H,14,17). The van der Waals surface area contributed by atoms with E-state index in [0.29, 0.717) is 14.8 Å². The summed E-state index contributed by atoms with van der Waals surface area (Å²) < 4.78 is 1.75. The fourth-order valence-electron chi connectivity index (χ4n) is 1.65. The number of hydrogen-bond donors (Lipinski definition) is 2. The molecule has 1 aromatic carbocycles. The molecule has 1 heterocycles. The summed E-state index contributed by atoms with van der Waals surface area (Å²) in [5.74, 6) is 0. The zero-order chi connectivity index (χ0) is 12.6. The molecule has 0 aliphatic heterocycles. The molecule has 0 fully saturated rings. The van der Waals surface area contributed by atoms with Crippen molar-refractivity contribution in [1.82, 2.24) is 14.8 Å². The molecular weight excluding hydrogens is 281 g/mol. The predicted octanol–water partition coefficient (Wildman–Crippen LogP) is 3.15. The summed E-state index contributed by atoms with van der Waals surface area (Å²) in [5, 5.41) is 6.08. The van der Waals surface area contributed by atoms with E-state index in [-0.39, 0.29) is 11.7 Å². The van der Waals surface area contributed by atoms with Gasteiger partial charge in [0.25, 0.3) is 0 Å². The molecule has 0 saturated carbocycles. The molecule has 4 nitrogen and oxygen atoms in total. The van der Waals surface area contributed by atoms with Gasteiger partial charge in [-0.05, 0) is 36.8 Å². The largest absolute Gasteiger partial charge is 0.342 e. The van der Waals surface area contributed by atoms with E-state index in [9.17, 15) is 4.79 Å². The first-order chi connectivity index (χ1) is 8.00. The molecule has 0 saturated heterocycles. The van der Waals surface area contributed by atoms with Crippen LogP contribution >= 0.6 is 35.4 Å². The van der Waals surface area contributed by atoms with E-state index in [1.54, 1.807) is 18.2 Å². The highest BCUT2D eigenvalue weighted by molar-refractivity contribution is 7.71. The molecule has 0 aliphatic rings. The number of benzene rings is 1. The van der Waals surface area contributed by atoms with E-state index in [1.807, 2.05) is 6.92 Å². The van der Waals surface area contributed by atoms with Crippen LogP contribution in [0, 0.1) is 4.77 Å². The fourth-order valence-corrected chi connectivity index (χ4v) is 2.51. The molecule has 17 heavy (non-hydrogen) atoms. The number of nitrogens with zero attached hydrogens (tertiary/aromatic N) is 1. The number of nitrogens with one attached hydrogen (secondary N) is 2. The van der Waals surface area contributed by atoms with Crippen molar-refractivity contribution in [3.63, 3.8) is 0 Å². The summed E-state index contributed by atoms with van der Waals surface area (Å²) in [6.07, 6.45) is 0. The van der Waals surface area contributed by atoms with Crippen LogP contribution in [0.5, 0.6) is 0 Å². The third-order valence-electron chi connectivity index (χ3n) is 2.51. The lowest BCUT2D eigenvalue weighted by Crippen LogP contribution is -2.21. The first kappa shape index (κ1) is 12.4. The van der Waals surface area contributed by atoms with Crippen molar-refractivity contribution in [3.8, 4) is 0 Å². The van der Waals surface area contributed by atoms with Crippen molar-refractivity contribution in [1.29, 1.82) is 0 Å². The average molecular weight is 290 g/mol. The lowest BCUT2D eigenvalue weighted by atomic mass is 10.1. The van der Waals surface area contributed by atoms with E-state index in [2.05, 4.69) is 10.2 Å². The van der Waals surface area contributed by atoms with E-state index in [4.69, 9.17) is 35.4 Å². The molecule has 7 heteroatoms. The Bertz CT molecular complexity index is 631. The SMILES string of the molecule is CC(c1ccc(Cl)cc1Cl)n1c(=O)[nH][nH]c1=S. The molecule has 2 rings (SSSR count). The first-order valence-corrected chi connectivity index (χ1v) is 6.01. The quantitative estimate of drug-likeness (QED) is 0.835. The van der Waals surface area contributed by atoms with Gasteiger partial charge >= 0.3 is 5.69 Å². The fraction of sp³-hybridized carbons (Fsp3) is 0.200. The third-order valence-corrected chi connectivity index (χ3v) is 3.38. The van der Waals surface area contributed by atoms with Crippen molar-refractivity contribution in [3.05, 3.63) is 49.1 Å². The molecule has 0 bridgehead atoms. The highest BCUT2D eigenvalue weighted by atomic mass is 35.5. The maximum absolute atomic E-state index is 11.6. The molecular formula is C10H9Cl2N3OS. The van der Waals surface area contributed by atoms with Gasteiger partial charge in [0.05, 0.1) is 6.04 Å². The molecule has 2 aromatic rings. The van der Waals surface area contributed by atoms with Crippen LogP contribution in [-0.2, 0) is 0 Å². The zero-order valence-corrected chi connectivity index (χ0v) is 11.2. The minimum absolute atomic E-state index is 0.262. The summed E-state index contributed by atoms with van der Waals surface area (Å²) in [4.78, 5) is 11.6. The highest BCUT2D eigenvalue weighted by Gasteiger charge is 2.15. The summed E-state index contributed by atoms with van der Waals surface area (Å²) in [7, 11) is 0. The van der Waals surface area contributed by atoms with Crippen LogP contribution in [0.25, 0.3) is 0 Å². The van der Waals surface area contributed by atoms with Crippen LogP contribution < -0.4 is 5.69 Å². The molecule has 90 valence electrons. The minimum atomic E-state index is -0.298. The van der Waals surface area contributed by atoms with Crippen LogP contribution in [0.15, 0.2) is 23.0 Å². The molecule has 1 aromatic heterocycles. The van der Waals surface area contributed by atoms with Gasteiger partial charge in [-0.2, -0.15) is 0 Å². The number of aromatic amines is 2. The Kier molecular flexibility index (Phi) is 3.42. The summed E-state index contributed by atoms with van der Waals surface area (Å²) in [5.41, 5.74) is 0.491. The lowest BCUT2D eigenvalue weighted by Gasteiger charge is -2.13. The second-order valence-electron chi connectivity index (χ2n) is 3.57. The topological polar surface area (TPSA) is 53.6 Å². The van der Waals surface area contributed by atoms with Crippen LogP contribution in [0.2, 0.25) is 10.0 Å². The van der Waals surface area contributed by atoms with Gasteiger partial charge in [0, 0.05) is 10.0 Å². The van der Waals surface area contributed by atoms with Gasteiger partial charge in [0.15, 0.2) is 4.77 Å². The van der Waals surface area contributed by atoms with Crippen LogP contribution in [0.4, 0.5) is 0 Å². The van der Waals surface area contributed by atoms with Gasteiger partial charge in [-0.3, -0.25) is 9.67 Å². The number of H-pyrrole nitrogens is 2. The van der Waals surface area contributed by atoms with Crippen molar-refractivity contribution in [2.75, 3.05) is 0 Å². The number of hydrogen-bond acceptors (Lipinski definition) is 2. The third kappa shape index (κ3) is 2.31. The van der Waals surface area contributed by atoms with E-state index >= 15 is 0 Å². The Balaban J connectivity index is 2.55. The zero-order valence-electron chi connectivity index (χ0n) is 8.83. The van der Waals surface area contributed by atoms with E-state index in [0.717, 1.165) is 5.56 Å². The Hall–Kier alpha value is -1.04. The molecule has 1 unspecified atom stereocenters. The van der Waals surface area contributed by atoms with Crippen LogP contribution in [-0.4, -0.2) is 14.8 Å². The normalized spacial score (nSPS) is 12.6. The molecule has 0 radical (unpaired) electrons. The maximum atomic E-state index is 11.6. The highest BCUT2D eigenvalue weighted by Crippen LogP contribution is 2.27. The van der Waals surface area contributed by atoms with Crippen molar-refractivity contribution >= 4 is 35.4 Å². The Labute approximate surface area is 112 Å². The molecule has 0 spiro atoms. The van der Waals surface area contributed by atoms with Crippen molar-refractivity contribution < 1.29 is 0 Å². The van der Waals surface area contributed by atoms with Gasteiger partial charge < -0.3 is 0 Å². The summed E-state index contributed by atoms with van der Waals surface area (Å²) in [6.45, 7) is 1.84. The van der Waals surface area contributed by atoms with E-state index in [1.165, 1.54) is 4.57 Å². The minimum Gasteiger partial charge on any atom is -0.272 e. The Morgan fingerprint density at radius 1 is 1.35 bits per heavy atom. The molecule has 0 amide bonds. The summed E-state index contributed by atoms with van der Waals surface area (Å²) >= 11 is 16.9. The van der Waals surface area contributed by atoms with Crippen molar-refractivity contribution in [2.24, 2.45) is 0 Å². The van der Waals surface area contributed by atoms with Crippen LogP contribution in [0.1, 0.15) is 18.5 Å². The van der Waals surface area contributed by atoms with Gasteiger partial charge in [-0.1, -0.05) is 29.3 Å². The average Bonchev–Trinajstić information content (AvgIpc) is 2.58. The monoisotopic (exact) mass is 289 g/mol. The van der Waals surface area contributed by atoms with Gasteiger partial charge in [0.1, 0.15) is 0 Å². The van der Waals surface area contributed by atoms with Gasteiger partial charge in [-0.15, -0.1) is 0 Å². The Morgan fingerprint density at radius 3 is 2.59 bits per heavy atom. The predicted molar refractivity (Wildman–Crippen MR) is 70.5 cm³/mol. The van der Waals surface area contributed by atoms with E-state index < -0.39 is 0 Å². The number of rotatable bonds is 2. The molecule has 0 aliphatic carbocycles. The molecule has 2 N–H and O–H groups in total.